The van der Waals surface area contributed by atoms with Crippen LogP contribution in [-0.4, -0.2) is 6.71 Å². The Morgan fingerprint density at radius 3 is 2.44 bits per heavy atom. The molecule has 5 aromatic rings. The Balaban J connectivity index is 1.18. The minimum Gasteiger partial charge on any atom is -0.311 e. The quantitative estimate of drug-likeness (QED) is 0.187. The Morgan fingerprint density at radius 2 is 1.56 bits per heavy atom. The molecule has 3 aliphatic carbocycles. The molecule has 1 atom stereocenters. The van der Waals surface area contributed by atoms with Gasteiger partial charge in [0.05, 0.1) is 0 Å². The summed E-state index contributed by atoms with van der Waals surface area (Å²) in [5.41, 5.74) is 24.7. The molecule has 2 heterocycles. The molecule has 0 spiro atoms. The Labute approximate surface area is 265 Å². The molecule has 0 fully saturated rings. The molecule has 0 bridgehead atoms. The molecule has 5 aromatic carbocycles. The minimum absolute atomic E-state index is 0.232. The van der Waals surface area contributed by atoms with Crippen molar-refractivity contribution >= 4 is 46.2 Å². The first kappa shape index (κ1) is 25.3. The predicted molar refractivity (Wildman–Crippen MR) is 192 cm³/mol. The maximum absolute atomic E-state index is 2.54. The van der Waals surface area contributed by atoms with Gasteiger partial charge in [-0.05, 0) is 130 Å². The topological polar surface area (TPSA) is 3.24 Å². The first-order valence-corrected chi connectivity index (χ1v) is 16.2. The number of hydrogen-bond acceptors (Lipinski definition) is 1. The maximum atomic E-state index is 2.54. The van der Waals surface area contributed by atoms with Crippen molar-refractivity contribution in [2.24, 2.45) is 0 Å². The summed E-state index contributed by atoms with van der Waals surface area (Å²) in [5.74, 6) is 0.372. The summed E-state index contributed by atoms with van der Waals surface area (Å²) in [7, 11) is 0. The van der Waals surface area contributed by atoms with Crippen LogP contribution >= 0.6 is 0 Å². The lowest BCUT2D eigenvalue weighted by atomic mass is 9.37. The van der Waals surface area contributed by atoms with Crippen LogP contribution in [0, 0.1) is 20.8 Å². The molecule has 5 aliphatic rings. The van der Waals surface area contributed by atoms with Crippen molar-refractivity contribution in [1.82, 2.24) is 0 Å². The largest absolute Gasteiger partial charge is 0.311 e. The van der Waals surface area contributed by atoms with E-state index in [1.54, 1.807) is 0 Å². The summed E-state index contributed by atoms with van der Waals surface area (Å²) in [4.78, 5) is 2.54. The molecular formula is C43H32BN. The van der Waals surface area contributed by atoms with Crippen molar-refractivity contribution in [3.8, 4) is 22.3 Å². The van der Waals surface area contributed by atoms with Gasteiger partial charge in [0.15, 0.2) is 0 Å². The number of allylic oxidation sites excluding steroid dienone is 7. The number of rotatable bonds is 2. The molecule has 212 valence electrons. The summed E-state index contributed by atoms with van der Waals surface area (Å²) in [6.45, 7) is 6.92. The fourth-order valence-electron chi connectivity index (χ4n) is 9.19. The van der Waals surface area contributed by atoms with Gasteiger partial charge in [0.2, 0.25) is 6.71 Å². The first-order chi connectivity index (χ1) is 22.0. The second kappa shape index (κ2) is 8.99. The van der Waals surface area contributed by atoms with E-state index < -0.39 is 0 Å². The zero-order valence-corrected chi connectivity index (χ0v) is 25.9. The average molecular weight is 574 g/mol. The van der Waals surface area contributed by atoms with Gasteiger partial charge in [0, 0.05) is 23.0 Å². The van der Waals surface area contributed by atoms with Crippen LogP contribution in [0.4, 0.5) is 17.1 Å². The molecule has 0 saturated carbocycles. The highest BCUT2D eigenvalue weighted by atomic mass is 15.2. The van der Waals surface area contributed by atoms with Crippen LogP contribution in [0.25, 0.3) is 28.3 Å². The van der Waals surface area contributed by atoms with Crippen LogP contribution < -0.4 is 21.3 Å². The number of nitrogens with zero attached hydrogens (tertiary/aromatic N) is 1. The Bertz CT molecular complexity index is 2270. The second-order valence-corrected chi connectivity index (χ2v) is 13.4. The Morgan fingerprint density at radius 1 is 0.711 bits per heavy atom. The highest BCUT2D eigenvalue weighted by Crippen LogP contribution is 2.49. The van der Waals surface area contributed by atoms with Crippen LogP contribution in [0.1, 0.15) is 39.3 Å². The van der Waals surface area contributed by atoms with Gasteiger partial charge in [-0.3, -0.25) is 0 Å². The van der Waals surface area contributed by atoms with Crippen molar-refractivity contribution in [3.63, 3.8) is 0 Å². The molecular weight excluding hydrogens is 541 g/mol. The lowest BCUT2D eigenvalue weighted by Crippen LogP contribution is -2.54. The summed E-state index contributed by atoms with van der Waals surface area (Å²) in [6, 6.07) is 32.8. The van der Waals surface area contributed by atoms with Crippen molar-refractivity contribution in [2.45, 2.75) is 33.1 Å². The summed E-state index contributed by atoms with van der Waals surface area (Å²) in [5, 5.41) is 0. The van der Waals surface area contributed by atoms with Gasteiger partial charge in [-0.25, -0.2) is 0 Å². The molecule has 0 amide bonds. The molecule has 45 heavy (non-hydrogen) atoms. The molecule has 2 heteroatoms. The van der Waals surface area contributed by atoms with Gasteiger partial charge in [-0.2, -0.15) is 0 Å². The van der Waals surface area contributed by atoms with E-state index in [0.717, 1.165) is 6.42 Å². The number of hydrogen-bond donors (Lipinski definition) is 0. The molecule has 2 aliphatic heterocycles. The summed E-state index contributed by atoms with van der Waals surface area (Å²) in [6.07, 6.45) is 14.9. The normalized spacial score (nSPS) is 17.4. The van der Waals surface area contributed by atoms with E-state index in [-0.39, 0.29) is 6.71 Å². The standard InChI is InChI=1S/C43H32BN/c1-25-20-26(2)40(27(3)21-25)32-18-19-36-35(24-32)34-10-7-13-39-43(34)44(36)37-11-4-5-12-38(37)45(39)33-22-30-16-14-28-8-6-9-29-15-17-31(23-33)42(30)41(28)29/h4-16,18-24,41H,17H2,1-3H3. The van der Waals surface area contributed by atoms with Crippen molar-refractivity contribution in [2.75, 3.05) is 4.90 Å². The van der Waals surface area contributed by atoms with Crippen molar-refractivity contribution in [1.29, 1.82) is 0 Å². The van der Waals surface area contributed by atoms with E-state index in [4.69, 9.17) is 0 Å². The molecule has 0 saturated heterocycles. The maximum Gasteiger partial charge on any atom is 0.248 e. The van der Waals surface area contributed by atoms with Gasteiger partial charge in [0.25, 0.3) is 0 Å². The molecule has 10 rings (SSSR count). The number of para-hydroxylation sites is 1. The van der Waals surface area contributed by atoms with Crippen LogP contribution in [0.5, 0.6) is 0 Å². The van der Waals surface area contributed by atoms with Crippen molar-refractivity contribution in [3.05, 3.63) is 160 Å². The van der Waals surface area contributed by atoms with Gasteiger partial charge in [-0.15, -0.1) is 0 Å². The first-order valence-electron chi connectivity index (χ1n) is 16.2. The van der Waals surface area contributed by atoms with E-state index in [0.29, 0.717) is 5.92 Å². The average Bonchev–Trinajstić information content (AvgIpc) is 3.38. The number of anilines is 3. The van der Waals surface area contributed by atoms with Crippen LogP contribution in [0.3, 0.4) is 0 Å². The lowest BCUT2D eigenvalue weighted by Gasteiger charge is -2.38. The second-order valence-electron chi connectivity index (χ2n) is 13.4. The minimum atomic E-state index is 0.232. The van der Waals surface area contributed by atoms with E-state index in [1.165, 1.54) is 100 Å². The molecule has 1 unspecified atom stereocenters. The van der Waals surface area contributed by atoms with Crippen LogP contribution in [0.15, 0.2) is 126 Å². The molecule has 1 nitrogen and oxygen atoms in total. The number of aryl methyl sites for hydroxylation is 3. The van der Waals surface area contributed by atoms with Gasteiger partial charge < -0.3 is 4.90 Å². The fraction of sp³-hybridized carbons (Fsp3) is 0.116. The van der Waals surface area contributed by atoms with Crippen molar-refractivity contribution < 1.29 is 0 Å². The van der Waals surface area contributed by atoms with E-state index in [2.05, 4.69) is 147 Å². The van der Waals surface area contributed by atoms with Crippen LogP contribution in [-0.2, 0) is 6.42 Å². The highest BCUT2D eigenvalue weighted by molar-refractivity contribution is 7.01. The zero-order valence-electron chi connectivity index (χ0n) is 25.9. The zero-order chi connectivity index (χ0) is 30.0. The smallest absolute Gasteiger partial charge is 0.248 e. The summed E-state index contributed by atoms with van der Waals surface area (Å²) >= 11 is 0. The number of benzene rings is 5. The van der Waals surface area contributed by atoms with Crippen LogP contribution in [0.2, 0.25) is 0 Å². The molecule has 0 radical (unpaired) electrons. The van der Waals surface area contributed by atoms with Gasteiger partial charge in [-0.1, -0.05) is 102 Å². The molecule has 0 aromatic heterocycles. The van der Waals surface area contributed by atoms with Gasteiger partial charge in [0.1, 0.15) is 0 Å². The van der Waals surface area contributed by atoms with E-state index in [9.17, 15) is 0 Å². The van der Waals surface area contributed by atoms with E-state index in [1.807, 2.05) is 0 Å². The van der Waals surface area contributed by atoms with E-state index >= 15 is 0 Å². The fourth-order valence-corrected chi connectivity index (χ4v) is 9.19. The SMILES string of the molecule is Cc1cc(C)c(-c2ccc3c(c2)-c2cccc4c2B3c2ccccc2N4c2cc3c4c(c2)CC=C2C=CC=C(C=C3)C24)c(C)c1. The Hall–Kier alpha value is -5.08. The third kappa shape index (κ3) is 3.40. The number of fused-ring (bicyclic) bond motifs is 5. The highest BCUT2D eigenvalue weighted by Gasteiger charge is 2.42. The lowest BCUT2D eigenvalue weighted by molar-refractivity contribution is 0.892. The summed E-state index contributed by atoms with van der Waals surface area (Å²) < 4.78 is 0. The van der Waals surface area contributed by atoms with Gasteiger partial charge >= 0.3 is 0 Å². The third-order valence-electron chi connectivity index (χ3n) is 10.8. The Kier molecular flexibility index (Phi) is 5.05. The third-order valence-corrected chi connectivity index (χ3v) is 10.8. The predicted octanol–water partition coefficient (Wildman–Crippen LogP) is 8.65. The molecule has 0 N–H and O–H groups in total. The monoisotopic (exact) mass is 573 g/mol.